The summed E-state index contributed by atoms with van der Waals surface area (Å²) >= 11 is 0. The summed E-state index contributed by atoms with van der Waals surface area (Å²) in [5.74, 6) is -0.311. The molecule has 2 aromatic rings. The lowest BCUT2D eigenvalue weighted by Crippen LogP contribution is -2.26. The first-order valence-electron chi connectivity index (χ1n) is 8.47. The number of benzene rings is 2. The zero-order valence-electron chi connectivity index (χ0n) is 14.9. The number of carbonyl (C=O) groups excluding carboxylic acids is 2. The Balaban J connectivity index is 1.91. The molecule has 0 fully saturated rings. The number of nitrogens with zero attached hydrogens (tertiary/aromatic N) is 1. The standard InChI is InChI=1S/C22H21NO3/c1-16(24)18-8-10-19(11-9-18)21-13-12-20(22(25)26-2)15-23(21)14-17-6-4-3-5-7-17/h3-13,15,21H,14H2,1-2H3/t21-/m1/s1. The lowest BCUT2D eigenvalue weighted by Gasteiger charge is -2.32. The van der Waals surface area contributed by atoms with Gasteiger partial charge in [0.1, 0.15) is 0 Å². The van der Waals surface area contributed by atoms with Crippen LogP contribution in [0.5, 0.6) is 0 Å². The zero-order chi connectivity index (χ0) is 18.5. The van der Waals surface area contributed by atoms with Gasteiger partial charge in [0.25, 0.3) is 0 Å². The molecule has 0 spiro atoms. The van der Waals surface area contributed by atoms with Crippen molar-refractivity contribution >= 4 is 11.8 Å². The van der Waals surface area contributed by atoms with Crippen LogP contribution in [0, 0.1) is 0 Å². The van der Waals surface area contributed by atoms with E-state index < -0.39 is 0 Å². The second kappa shape index (κ2) is 7.83. The highest BCUT2D eigenvalue weighted by Gasteiger charge is 2.22. The Morgan fingerprint density at radius 1 is 1.04 bits per heavy atom. The van der Waals surface area contributed by atoms with Gasteiger partial charge in [0, 0.05) is 18.3 Å². The highest BCUT2D eigenvalue weighted by atomic mass is 16.5. The number of hydrogen-bond acceptors (Lipinski definition) is 4. The molecule has 0 radical (unpaired) electrons. The average molecular weight is 347 g/mol. The highest BCUT2D eigenvalue weighted by molar-refractivity contribution is 5.94. The first kappa shape index (κ1) is 17.7. The molecule has 0 saturated carbocycles. The maximum Gasteiger partial charge on any atom is 0.339 e. The van der Waals surface area contributed by atoms with Gasteiger partial charge in [-0.05, 0) is 24.1 Å². The SMILES string of the molecule is COC(=O)C1=CN(Cc2ccccc2)[C@@H](c2ccc(C(C)=O)cc2)C=C1. The Morgan fingerprint density at radius 2 is 1.73 bits per heavy atom. The molecule has 3 rings (SSSR count). The van der Waals surface area contributed by atoms with E-state index in [1.807, 2.05) is 54.7 Å². The summed E-state index contributed by atoms with van der Waals surface area (Å²) in [6.07, 6.45) is 5.61. The van der Waals surface area contributed by atoms with Crippen LogP contribution in [0.4, 0.5) is 0 Å². The fraction of sp³-hybridized carbons (Fsp3) is 0.182. The van der Waals surface area contributed by atoms with Gasteiger partial charge >= 0.3 is 5.97 Å². The van der Waals surface area contributed by atoms with Gasteiger partial charge in [-0.3, -0.25) is 4.79 Å². The molecule has 0 amide bonds. The lowest BCUT2D eigenvalue weighted by atomic mass is 9.98. The topological polar surface area (TPSA) is 46.6 Å². The van der Waals surface area contributed by atoms with Crippen LogP contribution in [0.15, 0.2) is 78.5 Å². The van der Waals surface area contributed by atoms with E-state index in [0.717, 1.165) is 11.1 Å². The molecular weight excluding hydrogens is 326 g/mol. The zero-order valence-corrected chi connectivity index (χ0v) is 14.9. The number of methoxy groups -OCH3 is 1. The highest BCUT2D eigenvalue weighted by Crippen LogP contribution is 2.30. The number of ether oxygens (including phenoxy) is 1. The van der Waals surface area contributed by atoms with E-state index in [1.54, 1.807) is 13.0 Å². The van der Waals surface area contributed by atoms with Crippen molar-refractivity contribution in [2.45, 2.75) is 19.5 Å². The maximum absolute atomic E-state index is 11.9. The summed E-state index contributed by atoms with van der Waals surface area (Å²) in [5.41, 5.74) is 3.41. The molecule has 1 heterocycles. The molecule has 1 aliphatic rings. The van der Waals surface area contributed by atoms with Crippen LogP contribution < -0.4 is 0 Å². The first-order valence-corrected chi connectivity index (χ1v) is 8.47. The van der Waals surface area contributed by atoms with Crippen molar-refractivity contribution in [3.05, 3.63) is 95.2 Å². The maximum atomic E-state index is 11.9. The monoisotopic (exact) mass is 347 g/mol. The van der Waals surface area contributed by atoms with Gasteiger partial charge in [-0.2, -0.15) is 0 Å². The van der Waals surface area contributed by atoms with Crippen LogP contribution in [-0.4, -0.2) is 23.8 Å². The number of carbonyl (C=O) groups is 2. The van der Waals surface area contributed by atoms with Crippen LogP contribution in [0.1, 0.15) is 34.5 Å². The summed E-state index contributed by atoms with van der Waals surface area (Å²) in [5, 5.41) is 0. The van der Waals surface area contributed by atoms with Gasteiger partial charge in [0.05, 0.1) is 18.7 Å². The van der Waals surface area contributed by atoms with Crippen molar-refractivity contribution in [1.82, 2.24) is 4.90 Å². The molecule has 4 nitrogen and oxygen atoms in total. The summed E-state index contributed by atoms with van der Waals surface area (Å²) in [6.45, 7) is 2.22. The van der Waals surface area contributed by atoms with Crippen LogP contribution in [0.25, 0.3) is 0 Å². The van der Waals surface area contributed by atoms with E-state index in [2.05, 4.69) is 17.0 Å². The number of rotatable bonds is 5. The van der Waals surface area contributed by atoms with E-state index in [4.69, 9.17) is 4.74 Å². The third-order valence-corrected chi connectivity index (χ3v) is 4.41. The molecule has 4 heteroatoms. The van der Waals surface area contributed by atoms with E-state index in [0.29, 0.717) is 17.7 Å². The normalized spacial score (nSPS) is 16.2. The van der Waals surface area contributed by atoms with E-state index in [-0.39, 0.29) is 17.8 Å². The Bertz CT molecular complexity index is 851. The van der Waals surface area contributed by atoms with Gasteiger partial charge < -0.3 is 9.64 Å². The predicted octanol–water partition coefficient (Wildman–Crippen LogP) is 4.06. The van der Waals surface area contributed by atoms with Crippen molar-refractivity contribution in [2.75, 3.05) is 7.11 Å². The molecular formula is C22H21NO3. The lowest BCUT2D eigenvalue weighted by molar-refractivity contribution is -0.135. The minimum absolute atomic E-state index is 0.0235. The Hall–Kier alpha value is -3.14. The number of esters is 1. The fourth-order valence-corrected chi connectivity index (χ4v) is 3.00. The molecule has 132 valence electrons. The van der Waals surface area contributed by atoms with Crippen molar-refractivity contribution < 1.29 is 14.3 Å². The molecule has 0 aliphatic carbocycles. The van der Waals surface area contributed by atoms with Crippen molar-refractivity contribution in [3.63, 3.8) is 0 Å². The summed E-state index contributed by atoms with van der Waals surface area (Å²) in [6, 6.07) is 17.7. The van der Waals surface area contributed by atoms with Gasteiger partial charge in [-0.25, -0.2) is 4.79 Å². The van der Waals surface area contributed by atoms with Crippen molar-refractivity contribution in [1.29, 1.82) is 0 Å². The van der Waals surface area contributed by atoms with Gasteiger partial charge in [-0.15, -0.1) is 0 Å². The van der Waals surface area contributed by atoms with E-state index in [9.17, 15) is 9.59 Å². The van der Waals surface area contributed by atoms with Gasteiger partial charge in [0.15, 0.2) is 5.78 Å². The Morgan fingerprint density at radius 3 is 2.35 bits per heavy atom. The van der Waals surface area contributed by atoms with Crippen molar-refractivity contribution in [3.8, 4) is 0 Å². The van der Waals surface area contributed by atoms with Crippen molar-refractivity contribution in [2.24, 2.45) is 0 Å². The second-order valence-corrected chi connectivity index (χ2v) is 6.22. The molecule has 1 atom stereocenters. The second-order valence-electron chi connectivity index (χ2n) is 6.22. The molecule has 0 unspecified atom stereocenters. The first-order chi connectivity index (χ1) is 12.6. The predicted molar refractivity (Wildman–Crippen MR) is 100 cm³/mol. The third kappa shape index (κ3) is 3.91. The van der Waals surface area contributed by atoms with Gasteiger partial charge in [-0.1, -0.05) is 60.7 Å². The quantitative estimate of drug-likeness (QED) is 0.604. The fourth-order valence-electron chi connectivity index (χ4n) is 3.00. The summed E-state index contributed by atoms with van der Waals surface area (Å²) in [7, 11) is 1.38. The molecule has 2 aromatic carbocycles. The average Bonchev–Trinajstić information content (AvgIpc) is 2.68. The number of hydrogen-bond donors (Lipinski definition) is 0. The largest absolute Gasteiger partial charge is 0.465 e. The van der Waals surface area contributed by atoms with Gasteiger partial charge in [0.2, 0.25) is 0 Å². The summed E-state index contributed by atoms with van der Waals surface area (Å²) in [4.78, 5) is 25.5. The van der Waals surface area contributed by atoms with E-state index in [1.165, 1.54) is 7.11 Å². The summed E-state index contributed by atoms with van der Waals surface area (Å²) < 4.78 is 4.85. The molecule has 1 aliphatic heterocycles. The smallest absolute Gasteiger partial charge is 0.339 e. The Labute approximate surface area is 153 Å². The minimum atomic E-state index is -0.357. The molecule has 26 heavy (non-hydrogen) atoms. The molecule has 0 N–H and O–H groups in total. The molecule has 0 bridgehead atoms. The minimum Gasteiger partial charge on any atom is -0.465 e. The van der Waals surface area contributed by atoms with Crippen LogP contribution in [0.2, 0.25) is 0 Å². The Kier molecular flexibility index (Phi) is 5.32. The van der Waals surface area contributed by atoms with Crippen LogP contribution in [0.3, 0.4) is 0 Å². The van der Waals surface area contributed by atoms with Crippen LogP contribution in [-0.2, 0) is 16.1 Å². The third-order valence-electron chi connectivity index (χ3n) is 4.41. The molecule has 0 aromatic heterocycles. The van der Waals surface area contributed by atoms with Crippen LogP contribution >= 0.6 is 0 Å². The molecule has 0 saturated heterocycles. The van der Waals surface area contributed by atoms with E-state index >= 15 is 0 Å². The number of ketones is 1. The number of Topliss-reactive ketones (excluding diaryl/α,β-unsaturated/α-hetero) is 1.